The second-order valence-corrected chi connectivity index (χ2v) is 3.89. The van der Waals surface area contributed by atoms with Gasteiger partial charge in [-0.15, -0.1) is 0 Å². The third-order valence-electron chi connectivity index (χ3n) is 1.54. The summed E-state index contributed by atoms with van der Waals surface area (Å²) in [5.41, 5.74) is 0. The van der Waals surface area contributed by atoms with Gasteiger partial charge in [0.2, 0.25) is 0 Å². The van der Waals surface area contributed by atoms with Crippen LogP contribution in [0.3, 0.4) is 0 Å². The van der Waals surface area contributed by atoms with E-state index in [-0.39, 0.29) is 5.78 Å². The average Bonchev–Trinajstić information content (AvgIpc) is 1.96. The van der Waals surface area contributed by atoms with Crippen LogP contribution >= 0.6 is 23.2 Å². The molecule has 0 aromatic carbocycles. The molecule has 0 bridgehead atoms. The summed E-state index contributed by atoms with van der Waals surface area (Å²) in [6.45, 7) is 1.12. The van der Waals surface area contributed by atoms with Crippen molar-refractivity contribution in [2.45, 2.75) is 17.2 Å². The predicted molar refractivity (Wildman–Crippen MR) is 41.5 cm³/mol. The third-order valence-corrected chi connectivity index (χ3v) is 2.34. The SMILES string of the molecule is O=C1CNCCCC1(Cl)Cl. The summed E-state index contributed by atoms with van der Waals surface area (Å²) in [6, 6.07) is 0. The Bertz CT molecular complexity index is 147. The first-order valence-corrected chi connectivity index (χ1v) is 4.00. The van der Waals surface area contributed by atoms with Gasteiger partial charge in [0.1, 0.15) is 0 Å². The van der Waals surface area contributed by atoms with E-state index < -0.39 is 4.33 Å². The van der Waals surface area contributed by atoms with Gasteiger partial charge in [-0.25, -0.2) is 0 Å². The van der Waals surface area contributed by atoms with E-state index >= 15 is 0 Å². The smallest absolute Gasteiger partial charge is 0.182 e. The third kappa shape index (κ3) is 1.84. The van der Waals surface area contributed by atoms with Crippen molar-refractivity contribution in [3.05, 3.63) is 0 Å². The van der Waals surface area contributed by atoms with Crippen LogP contribution in [0.4, 0.5) is 0 Å². The zero-order valence-electron chi connectivity index (χ0n) is 5.49. The molecular formula is C6H9Cl2NO. The van der Waals surface area contributed by atoms with Crippen LogP contribution < -0.4 is 5.32 Å². The Labute approximate surface area is 69.9 Å². The van der Waals surface area contributed by atoms with E-state index in [2.05, 4.69) is 5.32 Å². The number of Topliss-reactive ketones (excluding diaryl/α,β-unsaturated/α-hetero) is 1. The first kappa shape index (κ1) is 8.31. The first-order valence-electron chi connectivity index (χ1n) is 3.25. The molecule has 1 aliphatic rings. The quantitative estimate of drug-likeness (QED) is 0.568. The van der Waals surface area contributed by atoms with Gasteiger partial charge in [0.25, 0.3) is 0 Å². The molecule has 0 aromatic rings. The summed E-state index contributed by atoms with van der Waals surface area (Å²) in [4.78, 5) is 11.0. The largest absolute Gasteiger partial charge is 0.310 e. The maximum absolute atomic E-state index is 11.0. The van der Waals surface area contributed by atoms with Crippen LogP contribution in [0.2, 0.25) is 0 Å². The van der Waals surface area contributed by atoms with Crippen molar-refractivity contribution in [3.63, 3.8) is 0 Å². The second kappa shape index (κ2) is 3.07. The standard InChI is InChI=1S/C6H9Cl2NO/c7-6(8)2-1-3-9-4-5(6)10/h9H,1-4H2. The molecule has 0 unspecified atom stereocenters. The molecule has 2 nitrogen and oxygen atoms in total. The fourth-order valence-electron chi connectivity index (χ4n) is 0.906. The van der Waals surface area contributed by atoms with Crippen molar-refractivity contribution in [1.82, 2.24) is 5.32 Å². The van der Waals surface area contributed by atoms with Crippen molar-refractivity contribution < 1.29 is 4.79 Å². The van der Waals surface area contributed by atoms with E-state index in [1.807, 2.05) is 0 Å². The fraction of sp³-hybridized carbons (Fsp3) is 0.833. The molecule has 0 aromatic heterocycles. The molecule has 1 N–H and O–H groups in total. The lowest BCUT2D eigenvalue weighted by Crippen LogP contribution is -2.31. The molecule has 1 heterocycles. The Morgan fingerprint density at radius 3 is 2.90 bits per heavy atom. The van der Waals surface area contributed by atoms with E-state index in [4.69, 9.17) is 23.2 Å². The number of halogens is 2. The highest BCUT2D eigenvalue weighted by molar-refractivity contribution is 6.58. The maximum atomic E-state index is 11.0. The molecule has 4 heteroatoms. The van der Waals surface area contributed by atoms with Crippen LogP contribution in [-0.2, 0) is 4.79 Å². The molecule has 0 saturated carbocycles. The lowest BCUT2D eigenvalue weighted by molar-refractivity contribution is -0.118. The Morgan fingerprint density at radius 2 is 2.20 bits per heavy atom. The van der Waals surface area contributed by atoms with Crippen LogP contribution in [0.15, 0.2) is 0 Å². The lowest BCUT2D eigenvalue weighted by Gasteiger charge is -2.12. The van der Waals surface area contributed by atoms with Gasteiger partial charge < -0.3 is 5.32 Å². The highest BCUT2D eigenvalue weighted by Gasteiger charge is 2.33. The minimum atomic E-state index is -1.14. The van der Waals surface area contributed by atoms with Crippen molar-refractivity contribution in [2.75, 3.05) is 13.1 Å². The summed E-state index contributed by atoms with van der Waals surface area (Å²) in [6.07, 6.45) is 1.42. The Morgan fingerprint density at radius 1 is 1.50 bits per heavy atom. The van der Waals surface area contributed by atoms with Gasteiger partial charge in [-0.2, -0.15) is 0 Å². The molecule has 58 valence electrons. The van der Waals surface area contributed by atoms with Gasteiger partial charge in [-0.05, 0) is 19.4 Å². The zero-order valence-corrected chi connectivity index (χ0v) is 7.00. The zero-order chi connectivity index (χ0) is 7.61. The average molecular weight is 182 g/mol. The minimum Gasteiger partial charge on any atom is -0.310 e. The number of hydrogen-bond donors (Lipinski definition) is 1. The Kier molecular flexibility index (Phi) is 2.55. The highest BCUT2D eigenvalue weighted by Crippen LogP contribution is 2.28. The molecule has 0 radical (unpaired) electrons. The number of carbonyl (C=O) groups excluding carboxylic acids is 1. The summed E-state index contributed by atoms with van der Waals surface area (Å²) >= 11 is 11.4. The van der Waals surface area contributed by atoms with Crippen LogP contribution in [0.1, 0.15) is 12.8 Å². The van der Waals surface area contributed by atoms with Crippen LogP contribution in [-0.4, -0.2) is 23.2 Å². The van der Waals surface area contributed by atoms with Gasteiger partial charge in [-0.3, -0.25) is 4.79 Å². The van der Waals surface area contributed by atoms with Crippen molar-refractivity contribution in [1.29, 1.82) is 0 Å². The molecule has 1 aliphatic heterocycles. The predicted octanol–water partition coefficient (Wildman–Crippen LogP) is 1.11. The summed E-state index contributed by atoms with van der Waals surface area (Å²) in [5, 5.41) is 2.93. The maximum Gasteiger partial charge on any atom is 0.182 e. The highest BCUT2D eigenvalue weighted by atomic mass is 35.5. The van der Waals surface area contributed by atoms with Gasteiger partial charge in [-0.1, -0.05) is 23.2 Å². The number of rotatable bonds is 0. The Balaban J connectivity index is 2.61. The van der Waals surface area contributed by atoms with Crippen LogP contribution in [0, 0.1) is 0 Å². The lowest BCUT2D eigenvalue weighted by atomic mass is 10.2. The molecule has 1 fully saturated rings. The summed E-state index contributed by atoms with van der Waals surface area (Å²) in [7, 11) is 0. The number of nitrogens with one attached hydrogen (secondary N) is 1. The van der Waals surface area contributed by atoms with Crippen LogP contribution in [0.5, 0.6) is 0 Å². The molecule has 0 spiro atoms. The summed E-state index contributed by atoms with van der Waals surface area (Å²) in [5.74, 6) is -0.117. The minimum absolute atomic E-state index is 0.117. The Hall–Kier alpha value is 0.210. The van der Waals surface area contributed by atoms with E-state index in [0.29, 0.717) is 13.0 Å². The number of alkyl halides is 2. The fourth-order valence-corrected chi connectivity index (χ4v) is 1.31. The van der Waals surface area contributed by atoms with Crippen molar-refractivity contribution in [3.8, 4) is 0 Å². The molecule has 0 amide bonds. The number of ketones is 1. The van der Waals surface area contributed by atoms with E-state index in [1.165, 1.54) is 0 Å². The van der Waals surface area contributed by atoms with Gasteiger partial charge >= 0.3 is 0 Å². The van der Waals surface area contributed by atoms with E-state index in [0.717, 1.165) is 13.0 Å². The number of carbonyl (C=O) groups is 1. The first-order chi connectivity index (χ1) is 4.63. The normalized spacial score (nSPS) is 26.0. The molecule has 0 aliphatic carbocycles. The monoisotopic (exact) mass is 181 g/mol. The van der Waals surface area contributed by atoms with Gasteiger partial charge in [0.15, 0.2) is 10.1 Å². The second-order valence-electron chi connectivity index (χ2n) is 2.41. The molecule has 10 heavy (non-hydrogen) atoms. The molecular weight excluding hydrogens is 173 g/mol. The topological polar surface area (TPSA) is 29.1 Å². The van der Waals surface area contributed by atoms with E-state index in [1.54, 1.807) is 0 Å². The molecule has 0 atom stereocenters. The van der Waals surface area contributed by atoms with E-state index in [9.17, 15) is 4.79 Å². The van der Waals surface area contributed by atoms with Crippen molar-refractivity contribution >= 4 is 29.0 Å². The molecule has 1 saturated heterocycles. The van der Waals surface area contributed by atoms with Crippen molar-refractivity contribution in [2.24, 2.45) is 0 Å². The van der Waals surface area contributed by atoms with Gasteiger partial charge in [0.05, 0.1) is 6.54 Å². The molecule has 1 rings (SSSR count). The number of hydrogen-bond acceptors (Lipinski definition) is 2. The summed E-state index contributed by atoms with van der Waals surface area (Å²) < 4.78 is -1.14. The van der Waals surface area contributed by atoms with Crippen LogP contribution in [0.25, 0.3) is 0 Å². The van der Waals surface area contributed by atoms with Gasteiger partial charge in [0, 0.05) is 0 Å².